The van der Waals surface area contributed by atoms with Crippen LogP contribution >= 0.6 is 11.5 Å². The van der Waals surface area contributed by atoms with Gasteiger partial charge in [0, 0.05) is 12.6 Å². The van der Waals surface area contributed by atoms with E-state index in [0.29, 0.717) is 17.4 Å². The minimum atomic E-state index is 0.336. The van der Waals surface area contributed by atoms with E-state index in [4.69, 9.17) is 11.0 Å². The van der Waals surface area contributed by atoms with Gasteiger partial charge >= 0.3 is 0 Å². The van der Waals surface area contributed by atoms with Crippen molar-refractivity contribution in [2.45, 2.75) is 25.8 Å². The normalized spacial score (nSPS) is 21.1. The van der Waals surface area contributed by atoms with Gasteiger partial charge in [-0.2, -0.15) is 9.64 Å². The number of nitrogens with one attached hydrogen (secondary N) is 1. The molecule has 2 heterocycles. The number of likely N-dealkylation sites (tertiary alicyclic amines) is 1. The van der Waals surface area contributed by atoms with Gasteiger partial charge in [-0.15, -0.1) is 0 Å². The van der Waals surface area contributed by atoms with Gasteiger partial charge in [0.05, 0.1) is 0 Å². The van der Waals surface area contributed by atoms with Crippen LogP contribution in [-0.4, -0.2) is 34.9 Å². The molecule has 1 aliphatic rings. The first-order chi connectivity index (χ1) is 8.24. The number of likely N-dealkylation sites (N-methyl/N-ethyl adjacent to an activating group) is 1. The minimum absolute atomic E-state index is 0.336. The third-order valence-corrected chi connectivity index (χ3v) is 3.91. The van der Waals surface area contributed by atoms with E-state index >= 15 is 0 Å². The highest BCUT2D eigenvalue weighted by atomic mass is 32.1. The number of nitrogens with two attached hydrogens (primary N) is 1. The smallest absolute Gasteiger partial charge is 0.157 e. The average molecular weight is 251 g/mol. The largest absolute Gasteiger partial charge is 0.382 e. The molecule has 1 unspecified atom stereocenters. The number of aromatic nitrogens is 1. The van der Waals surface area contributed by atoms with Crippen LogP contribution in [0.3, 0.4) is 0 Å². The molecular weight excluding hydrogens is 234 g/mol. The Bertz CT molecular complexity index is 422. The van der Waals surface area contributed by atoms with E-state index in [0.717, 1.165) is 24.5 Å². The summed E-state index contributed by atoms with van der Waals surface area (Å²) < 4.78 is 4.01. The second-order valence-electron chi connectivity index (χ2n) is 4.26. The fraction of sp³-hybridized carbons (Fsp3) is 0.636. The fourth-order valence-corrected chi connectivity index (χ4v) is 2.90. The Morgan fingerprint density at radius 1 is 1.71 bits per heavy atom. The van der Waals surface area contributed by atoms with Crippen LogP contribution in [0.4, 0.5) is 10.8 Å². The molecule has 0 saturated carbocycles. The second-order valence-corrected chi connectivity index (χ2v) is 5.03. The molecule has 0 amide bonds. The lowest BCUT2D eigenvalue weighted by Gasteiger charge is -2.32. The molecule has 1 aromatic rings. The third kappa shape index (κ3) is 2.68. The van der Waals surface area contributed by atoms with E-state index in [2.05, 4.69) is 27.6 Å². The summed E-state index contributed by atoms with van der Waals surface area (Å²) in [6.45, 7) is 5.45. The molecule has 1 saturated heterocycles. The average Bonchev–Trinajstić information content (AvgIpc) is 2.70. The van der Waals surface area contributed by atoms with Crippen LogP contribution in [0.2, 0.25) is 0 Å². The zero-order valence-electron chi connectivity index (χ0n) is 9.94. The van der Waals surface area contributed by atoms with Crippen LogP contribution in [0.25, 0.3) is 0 Å². The quantitative estimate of drug-likeness (QED) is 0.851. The summed E-state index contributed by atoms with van der Waals surface area (Å²) >= 11 is 1.28. The first-order valence-corrected chi connectivity index (χ1v) is 6.66. The van der Waals surface area contributed by atoms with Gasteiger partial charge in [-0.1, -0.05) is 6.92 Å². The topological polar surface area (TPSA) is 78.0 Å². The summed E-state index contributed by atoms with van der Waals surface area (Å²) in [5.74, 6) is 0.336. The molecule has 5 nitrogen and oxygen atoms in total. The van der Waals surface area contributed by atoms with Crippen molar-refractivity contribution < 1.29 is 0 Å². The summed E-state index contributed by atoms with van der Waals surface area (Å²) in [6.07, 6.45) is 2.33. The lowest BCUT2D eigenvalue weighted by molar-refractivity contribution is 0.227. The predicted molar refractivity (Wildman–Crippen MR) is 70.0 cm³/mol. The molecule has 3 N–H and O–H groups in total. The number of nitriles is 1. The molecule has 1 aromatic heterocycles. The second kappa shape index (κ2) is 5.34. The van der Waals surface area contributed by atoms with E-state index in [1.807, 2.05) is 0 Å². The molecule has 1 aliphatic heterocycles. The van der Waals surface area contributed by atoms with E-state index < -0.39 is 0 Å². The summed E-state index contributed by atoms with van der Waals surface area (Å²) in [4.78, 5) is 2.41. The van der Waals surface area contributed by atoms with Gasteiger partial charge in [-0.25, -0.2) is 0 Å². The Balaban J connectivity index is 2.03. The highest BCUT2D eigenvalue weighted by Gasteiger charge is 2.21. The minimum Gasteiger partial charge on any atom is -0.382 e. The Morgan fingerprint density at radius 2 is 2.53 bits per heavy atom. The zero-order chi connectivity index (χ0) is 12.3. The van der Waals surface area contributed by atoms with Crippen molar-refractivity contribution in [1.82, 2.24) is 9.27 Å². The number of rotatable bonds is 3. The first kappa shape index (κ1) is 12.1. The van der Waals surface area contributed by atoms with Gasteiger partial charge in [0.2, 0.25) is 0 Å². The van der Waals surface area contributed by atoms with Crippen LogP contribution in [-0.2, 0) is 0 Å². The number of nitrogens with zero attached hydrogens (tertiary/aromatic N) is 3. The highest BCUT2D eigenvalue weighted by Crippen LogP contribution is 2.27. The molecule has 6 heteroatoms. The van der Waals surface area contributed by atoms with Gasteiger partial charge in [0.15, 0.2) is 5.82 Å². The van der Waals surface area contributed by atoms with Crippen molar-refractivity contribution in [2.75, 3.05) is 30.7 Å². The van der Waals surface area contributed by atoms with Crippen molar-refractivity contribution in [2.24, 2.45) is 0 Å². The van der Waals surface area contributed by atoms with Gasteiger partial charge in [0.25, 0.3) is 0 Å². The Labute approximate surface area is 105 Å². The van der Waals surface area contributed by atoms with Crippen LogP contribution in [0.15, 0.2) is 0 Å². The van der Waals surface area contributed by atoms with Crippen molar-refractivity contribution in [3.05, 3.63) is 5.56 Å². The number of hydrogen-bond acceptors (Lipinski definition) is 6. The molecule has 0 aromatic carbocycles. The monoisotopic (exact) mass is 251 g/mol. The molecule has 1 atom stereocenters. The van der Waals surface area contributed by atoms with Crippen LogP contribution < -0.4 is 11.1 Å². The number of anilines is 2. The molecule has 1 fully saturated rings. The summed E-state index contributed by atoms with van der Waals surface area (Å²) in [5.41, 5.74) is 6.13. The van der Waals surface area contributed by atoms with Crippen molar-refractivity contribution in [3.63, 3.8) is 0 Å². The molecule has 17 heavy (non-hydrogen) atoms. The standard InChI is InChI=1S/C11H17N5S/c1-2-16-5-3-4-8(7-16)14-11-9(6-12)10(13)15-17-11/h8,14H,2-5,7H2,1H3,(H2,13,15). The van der Waals surface area contributed by atoms with Crippen molar-refractivity contribution in [1.29, 1.82) is 5.26 Å². The lowest BCUT2D eigenvalue weighted by atomic mass is 10.1. The Kier molecular flexibility index (Phi) is 3.82. The van der Waals surface area contributed by atoms with E-state index in [9.17, 15) is 0 Å². The fourth-order valence-electron chi connectivity index (χ4n) is 2.15. The maximum absolute atomic E-state index is 9.00. The van der Waals surface area contributed by atoms with E-state index in [-0.39, 0.29) is 0 Å². The van der Waals surface area contributed by atoms with Gasteiger partial charge in [-0.05, 0) is 37.5 Å². The highest BCUT2D eigenvalue weighted by molar-refractivity contribution is 7.10. The summed E-state index contributed by atoms with van der Waals surface area (Å²) in [5, 5.41) is 13.2. The molecule has 0 spiro atoms. The van der Waals surface area contributed by atoms with Gasteiger partial charge in [-0.3, -0.25) is 0 Å². The molecule has 0 radical (unpaired) electrons. The molecule has 2 rings (SSSR count). The van der Waals surface area contributed by atoms with Crippen molar-refractivity contribution >= 4 is 22.4 Å². The zero-order valence-corrected chi connectivity index (χ0v) is 10.8. The molecule has 0 bridgehead atoms. The summed E-state index contributed by atoms with van der Waals surface area (Å²) in [7, 11) is 0. The van der Waals surface area contributed by atoms with Crippen LogP contribution in [0, 0.1) is 11.3 Å². The van der Waals surface area contributed by atoms with Crippen LogP contribution in [0.1, 0.15) is 25.3 Å². The number of piperidine rings is 1. The Hall–Kier alpha value is -1.32. The Morgan fingerprint density at radius 3 is 3.24 bits per heavy atom. The maximum Gasteiger partial charge on any atom is 0.157 e. The number of hydrogen-bond donors (Lipinski definition) is 2. The molecular formula is C11H17N5S. The lowest BCUT2D eigenvalue weighted by Crippen LogP contribution is -2.41. The molecule has 92 valence electrons. The maximum atomic E-state index is 9.00. The first-order valence-electron chi connectivity index (χ1n) is 5.88. The number of nitrogen functional groups attached to an aromatic ring is 1. The van der Waals surface area contributed by atoms with Gasteiger partial charge < -0.3 is 16.0 Å². The van der Waals surface area contributed by atoms with Gasteiger partial charge in [0.1, 0.15) is 16.6 Å². The van der Waals surface area contributed by atoms with E-state index in [1.165, 1.54) is 24.5 Å². The van der Waals surface area contributed by atoms with E-state index in [1.54, 1.807) is 0 Å². The molecule has 0 aliphatic carbocycles. The SMILES string of the molecule is CCN1CCCC(Nc2snc(N)c2C#N)C1. The van der Waals surface area contributed by atoms with Crippen LogP contribution in [0.5, 0.6) is 0 Å². The summed E-state index contributed by atoms with van der Waals surface area (Å²) in [6, 6.07) is 2.50. The predicted octanol–water partition coefficient (Wildman–Crippen LogP) is 1.49. The third-order valence-electron chi connectivity index (χ3n) is 3.12. The van der Waals surface area contributed by atoms with Crippen molar-refractivity contribution in [3.8, 4) is 6.07 Å².